The van der Waals surface area contributed by atoms with Crippen molar-refractivity contribution in [1.82, 2.24) is 0 Å². The summed E-state index contributed by atoms with van der Waals surface area (Å²) >= 11 is 0. The van der Waals surface area contributed by atoms with Gasteiger partial charge in [0.05, 0.1) is 13.2 Å². The van der Waals surface area contributed by atoms with Gasteiger partial charge < -0.3 is 14.9 Å². The molecule has 14 heavy (non-hydrogen) atoms. The summed E-state index contributed by atoms with van der Waals surface area (Å²) in [6, 6.07) is 5.81. The standard InChI is InChI=1S/C10H10O4/c1-14-10(13)6-9(12)7-2-4-8(11)5-3-7/h2-6,11-12H,1H3. The third-order valence-corrected chi connectivity index (χ3v) is 1.62. The molecule has 4 heteroatoms. The van der Waals surface area contributed by atoms with Gasteiger partial charge in [0.2, 0.25) is 0 Å². The van der Waals surface area contributed by atoms with Gasteiger partial charge in [0, 0.05) is 5.56 Å². The van der Waals surface area contributed by atoms with Gasteiger partial charge in [0.1, 0.15) is 11.5 Å². The van der Waals surface area contributed by atoms with Gasteiger partial charge in [-0.15, -0.1) is 0 Å². The third kappa shape index (κ3) is 2.52. The monoisotopic (exact) mass is 194 g/mol. The lowest BCUT2D eigenvalue weighted by Gasteiger charge is -1.99. The van der Waals surface area contributed by atoms with Crippen molar-refractivity contribution in [1.29, 1.82) is 0 Å². The molecule has 0 heterocycles. The molecule has 0 aliphatic heterocycles. The number of hydrogen-bond donors (Lipinski definition) is 2. The SMILES string of the molecule is COC(=O)C=C(O)c1ccc(O)cc1. The Morgan fingerprint density at radius 3 is 2.43 bits per heavy atom. The molecule has 0 amide bonds. The highest BCUT2D eigenvalue weighted by Crippen LogP contribution is 2.15. The van der Waals surface area contributed by atoms with Crippen LogP contribution in [0.25, 0.3) is 5.76 Å². The summed E-state index contributed by atoms with van der Waals surface area (Å²) in [7, 11) is 1.23. The van der Waals surface area contributed by atoms with Gasteiger partial charge in [0.15, 0.2) is 0 Å². The number of carbonyl (C=O) groups excluding carboxylic acids is 1. The normalized spacial score (nSPS) is 11.1. The Bertz CT molecular complexity index is 351. The van der Waals surface area contributed by atoms with Crippen molar-refractivity contribution in [3.8, 4) is 5.75 Å². The number of phenolic OH excluding ortho intramolecular Hbond substituents is 1. The van der Waals surface area contributed by atoms with Crippen LogP contribution in [0.2, 0.25) is 0 Å². The lowest BCUT2D eigenvalue weighted by Crippen LogP contribution is -1.96. The molecule has 1 aromatic carbocycles. The second kappa shape index (κ2) is 4.32. The molecule has 0 spiro atoms. The van der Waals surface area contributed by atoms with Crippen molar-refractivity contribution >= 4 is 11.7 Å². The van der Waals surface area contributed by atoms with Crippen molar-refractivity contribution in [2.45, 2.75) is 0 Å². The minimum Gasteiger partial charge on any atom is -0.508 e. The molecular weight excluding hydrogens is 184 g/mol. The zero-order valence-corrected chi connectivity index (χ0v) is 7.60. The van der Waals surface area contributed by atoms with Crippen LogP contribution in [0.3, 0.4) is 0 Å². The van der Waals surface area contributed by atoms with Gasteiger partial charge in [-0.3, -0.25) is 0 Å². The first kappa shape index (κ1) is 10.1. The first-order valence-electron chi connectivity index (χ1n) is 3.91. The van der Waals surface area contributed by atoms with Crippen LogP contribution in [0.4, 0.5) is 0 Å². The molecule has 0 unspecified atom stereocenters. The molecule has 4 nitrogen and oxygen atoms in total. The minimum atomic E-state index is -0.629. The number of carbonyl (C=O) groups is 1. The largest absolute Gasteiger partial charge is 0.508 e. The van der Waals surface area contributed by atoms with E-state index in [1.165, 1.54) is 31.4 Å². The summed E-state index contributed by atoms with van der Waals surface area (Å²) in [6.07, 6.45) is 0.965. The van der Waals surface area contributed by atoms with E-state index in [2.05, 4.69) is 4.74 Å². The summed E-state index contributed by atoms with van der Waals surface area (Å²) in [4.78, 5) is 10.8. The molecule has 0 saturated carbocycles. The molecule has 0 saturated heterocycles. The molecule has 1 aromatic rings. The quantitative estimate of drug-likeness (QED) is 0.425. The van der Waals surface area contributed by atoms with E-state index in [1.807, 2.05) is 0 Å². The summed E-state index contributed by atoms with van der Waals surface area (Å²) in [6.45, 7) is 0. The fourth-order valence-electron chi connectivity index (χ4n) is 0.886. The summed E-state index contributed by atoms with van der Waals surface area (Å²) in [5.41, 5.74) is 0.438. The van der Waals surface area contributed by atoms with E-state index in [-0.39, 0.29) is 11.5 Å². The Morgan fingerprint density at radius 1 is 1.36 bits per heavy atom. The van der Waals surface area contributed by atoms with Crippen LogP contribution in [0.5, 0.6) is 5.75 Å². The van der Waals surface area contributed by atoms with E-state index >= 15 is 0 Å². The molecule has 1 rings (SSSR count). The predicted octanol–water partition coefficient (Wildman–Crippen LogP) is 1.46. The summed E-state index contributed by atoms with van der Waals surface area (Å²) in [5.74, 6) is -0.730. The van der Waals surface area contributed by atoms with Gasteiger partial charge in [-0.2, -0.15) is 0 Å². The maximum absolute atomic E-state index is 10.8. The maximum atomic E-state index is 10.8. The van der Waals surface area contributed by atoms with Gasteiger partial charge in [-0.05, 0) is 24.3 Å². The maximum Gasteiger partial charge on any atom is 0.334 e. The third-order valence-electron chi connectivity index (χ3n) is 1.62. The van der Waals surface area contributed by atoms with E-state index in [4.69, 9.17) is 5.11 Å². The molecular formula is C10H10O4. The Balaban J connectivity index is 2.89. The molecule has 0 aliphatic carbocycles. The highest BCUT2D eigenvalue weighted by Gasteiger charge is 2.02. The number of hydrogen-bond acceptors (Lipinski definition) is 4. The highest BCUT2D eigenvalue weighted by molar-refractivity contribution is 5.89. The Morgan fingerprint density at radius 2 is 1.93 bits per heavy atom. The molecule has 0 fully saturated rings. The Hall–Kier alpha value is -1.97. The molecule has 0 aromatic heterocycles. The predicted molar refractivity (Wildman–Crippen MR) is 50.7 cm³/mol. The second-order valence-corrected chi connectivity index (χ2v) is 2.60. The lowest BCUT2D eigenvalue weighted by molar-refractivity contribution is -0.134. The van der Waals surface area contributed by atoms with Crippen molar-refractivity contribution in [2.75, 3.05) is 7.11 Å². The highest BCUT2D eigenvalue weighted by atomic mass is 16.5. The lowest BCUT2D eigenvalue weighted by atomic mass is 10.2. The number of esters is 1. The van der Waals surface area contributed by atoms with Gasteiger partial charge in [-0.25, -0.2) is 4.79 Å². The smallest absolute Gasteiger partial charge is 0.334 e. The van der Waals surface area contributed by atoms with E-state index < -0.39 is 5.97 Å². The van der Waals surface area contributed by atoms with Crippen LogP contribution < -0.4 is 0 Å². The fourth-order valence-corrected chi connectivity index (χ4v) is 0.886. The van der Waals surface area contributed by atoms with Crippen LogP contribution in [0, 0.1) is 0 Å². The molecule has 0 radical (unpaired) electrons. The van der Waals surface area contributed by atoms with Gasteiger partial charge in [-0.1, -0.05) is 0 Å². The molecule has 2 N–H and O–H groups in total. The zero-order chi connectivity index (χ0) is 10.6. The van der Waals surface area contributed by atoms with Crippen LogP contribution in [0.15, 0.2) is 30.3 Å². The van der Waals surface area contributed by atoms with Crippen molar-refractivity contribution in [3.63, 3.8) is 0 Å². The number of ether oxygens (including phenoxy) is 1. The number of aliphatic hydroxyl groups excluding tert-OH is 1. The van der Waals surface area contributed by atoms with Gasteiger partial charge in [0.25, 0.3) is 0 Å². The average Bonchev–Trinajstić information content (AvgIpc) is 2.18. The number of phenols is 1. The first-order valence-corrected chi connectivity index (χ1v) is 3.91. The Labute approximate surface area is 81.1 Å². The van der Waals surface area contributed by atoms with Crippen LogP contribution >= 0.6 is 0 Å². The minimum absolute atomic E-state index is 0.0969. The van der Waals surface area contributed by atoms with E-state index in [1.54, 1.807) is 0 Å². The zero-order valence-electron chi connectivity index (χ0n) is 7.60. The van der Waals surface area contributed by atoms with Crippen molar-refractivity contribution in [3.05, 3.63) is 35.9 Å². The average molecular weight is 194 g/mol. The number of methoxy groups -OCH3 is 1. The molecule has 0 atom stereocenters. The summed E-state index contributed by atoms with van der Waals surface area (Å²) in [5, 5.41) is 18.4. The Kier molecular flexibility index (Phi) is 3.12. The second-order valence-electron chi connectivity index (χ2n) is 2.60. The number of aliphatic hydroxyl groups is 1. The van der Waals surface area contributed by atoms with E-state index in [0.717, 1.165) is 6.08 Å². The van der Waals surface area contributed by atoms with Gasteiger partial charge >= 0.3 is 5.97 Å². The first-order chi connectivity index (χ1) is 6.63. The van der Waals surface area contributed by atoms with Crippen LogP contribution in [-0.4, -0.2) is 23.3 Å². The van der Waals surface area contributed by atoms with Crippen LogP contribution in [-0.2, 0) is 9.53 Å². The number of benzene rings is 1. The molecule has 0 bridgehead atoms. The van der Waals surface area contributed by atoms with E-state index in [9.17, 15) is 9.90 Å². The van der Waals surface area contributed by atoms with Crippen LogP contribution in [0.1, 0.15) is 5.56 Å². The molecule has 0 aliphatic rings. The topological polar surface area (TPSA) is 66.8 Å². The number of rotatable bonds is 2. The number of aromatic hydroxyl groups is 1. The molecule has 74 valence electrons. The van der Waals surface area contributed by atoms with Crippen molar-refractivity contribution < 1.29 is 19.7 Å². The van der Waals surface area contributed by atoms with Crippen molar-refractivity contribution in [2.24, 2.45) is 0 Å². The summed E-state index contributed by atoms with van der Waals surface area (Å²) < 4.78 is 4.34. The fraction of sp³-hybridized carbons (Fsp3) is 0.100. The van der Waals surface area contributed by atoms with E-state index in [0.29, 0.717) is 5.56 Å².